The van der Waals surface area contributed by atoms with Crippen LogP contribution in [0.1, 0.15) is 5.56 Å². The van der Waals surface area contributed by atoms with Crippen molar-refractivity contribution in [3.63, 3.8) is 0 Å². The Kier molecular flexibility index (Phi) is 4.30. The van der Waals surface area contributed by atoms with Gasteiger partial charge in [-0.15, -0.1) is 0 Å². The topological polar surface area (TPSA) is 41.1 Å². The summed E-state index contributed by atoms with van der Waals surface area (Å²) in [5.74, 6) is 0. The SMILES string of the molecule is Cc1ccccc1NC(=O)Nc1cccc(Cl)c1Cl. The molecule has 0 saturated heterocycles. The minimum Gasteiger partial charge on any atom is -0.307 e. The number of carbonyl (C=O) groups is 1. The van der Waals surface area contributed by atoms with Crippen LogP contribution in [0.15, 0.2) is 42.5 Å². The monoisotopic (exact) mass is 294 g/mol. The number of urea groups is 1. The first kappa shape index (κ1) is 13.7. The zero-order valence-electron chi connectivity index (χ0n) is 10.2. The zero-order valence-corrected chi connectivity index (χ0v) is 11.7. The molecule has 0 aliphatic heterocycles. The van der Waals surface area contributed by atoms with Crippen LogP contribution in [0.25, 0.3) is 0 Å². The largest absolute Gasteiger partial charge is 0.323 e. The standard InChI is InChI=1S/C14H12Cl2N2O/c1-9-5-2-3-7-11(9)17-14(19)18-12-8-4-6-10(15)13(12)16/h2-8H,1H3,(H2,17,18,19). The summed E-state index contributed by atoms with van der Waals surface area (Å²) in [6.07, 6.45) is 0. The van der Waals surface area contributed by atoms with E-state index in [0.717, 1.165) is 11.3 Å². The van der Waals surface area contributed by atoms with Gasteiger partial charge in [-0.1, -0.05) is 47.5 Å². The first-order valence-electron chi connectivity index (χ1n) is 5.65. The molecule has 0 unspecified atom stereocenters. The Morgan fingerprint density at radius 1 is 0.947 bits per heavy atom. The fourth-order valence-corrected chi connectivity index (χ4v) is 1.94. The molecule has 2 rings (SSSR count). The van der Waals surface area contributed by atoms with Crippen molar-refractivity contribution < 1.29 is 4.79 Å². The third-order valence-electron chi connectivity index (χ3n) is 2.59. The normalized spacial score (nSPS) is 10.1. The van der Waals surface area contributed by atoms with E-state index in [1.165, 1.54) is 0 Å². The van der Waals surface area contributed by atoms with Gasteiger partial charge in [0.05, 0.1) is 15.7 Å². The Hall–Kier alpha value is -1.71. The molecule has 0 radical (unpaired) electrons. The second-order valence-corrected chi connectivity index (χ2v) is 4.78. The van der Waals surface area contributed by atoms with Crippen LogP contribution in [0.3, 0.4) is 0 Å². The lowest BCUT2D eigenvalue weighted by Crippen LogP contribution is -2.20. The molecule has 0 bridgehead atoms. The van der Waals surface area contributed by atoms with Crippen molar-refractivity contribution in [2.45, 2.75) is 6.92 Å². The van der Waals surface area contributed by atoms with E-state index < -0.39 is 0 Å². The molecule has 5 heteroatoms. The number of hydrogen-bond donors (Lipinski definition) is 2. The first-order valence-corrected chi connectivity index (χ1v) is 6.41. The summed E-state index contributed by atoms with van der Waals surface area (Å²) in [5, 5.41) is 6.14. The lowest BCUT2D eigenvalue weighted by atomic mass is 10.2. The second kappa shape index (κ2) is 5.95. The van der Waals surface area contributed by atoms with E-state index in [2.05, 4.69) is 10.6 Å². The Morgan fingerprint density at radius 3 is 2.32 bits per heavy atom. The highest BCUT2D eigenvalue weighted by Crippen LogP contribution is 2.29. The second-order valence-electron chi connectivity index (χ2n) is 4.00. The fraction of sp³-hybridized carbons (Fsp3) is 0.0714. The highest BCUT2D eigenvalue weighted by Gasteiger charge is 2.08. The highest BCUT2D eigenvalue weighted by molar-refractivity contribution is 6.44. The van der Waals surface area contributed by atoms with Gasteiger partial charge in [-0.2, -0.15) is 0 Å². The van der Waals surface area contributed by atoms with Crippen LogP contribution >= 0.6 is 23.2 Å². The molecule has 2 N–H and O–H groups in total. The van der Waals surface area contributed by atoms with Crippen LogP contribution in [0, 0.1) is 6.92 Å². The quantitative estimate of drug-likeness (QED) is 0.809. The molecule has 0 atom stereocenters. The van der Waals surface area contributed by atoms with Gasteiger partial charge in [-0.05, 0) is 30.7 Å². The highest BCUT2D eigenvalue weighted by atomic mass is 35.5. The lowest BCUT2D eigenvalue weighted by molar-refractivity contribution is 0.262. The minimum atomic E-state index is -0.363. The maximum absolute atomic E-state index is 11.9. The van der Waals surface area contributed by atoms with E-state index in [0.29, 0.717) is 15.7 Å². The molecule has 0 heterocycles. The number of carbonyl (C=O) groups excluding carboxylic acids is 1. The summed E-state index contributed by atoms with van der Waals surface area (Å²) in [5.41, 5.74) is 2.20. The fourth-order valence-electron chi connectivity index (χ4n) is 1.59. The lowest BCUT2D eigenvalue weighted by Gasteiger charge is -2.11. The molecule has 2 aromatic rings. The summed E-state index contributed by atoms with van der Waals surface area (Å²) in [6, 6.07) is 12.2. The van der Waals surface area contributed by atoms with Crippen LogP contribution in [-0.2, 0) is 0 Å². The molecule has 0 fully saturated rings. The van der Waals surface area contributed by atoms with Crippen molar-refractivity contribution in [1.29, 1.82) is 0 Å². The van der Waals surface area contributed by atoms with Gasteiger partial charge in [0.15, 0.2) is 0 Å². The first-order chi connectivity index (χ1) is 9.08. The average Bonchev–Trinajstić information content (AvgIpc) is 2.38. The molecule has 0 aliphatic rings. The number of rotatable bonds is 2. The zero-order chi connectivity index (χ0) is 13.8. The molecule has 98 valence electrons. The summed E-state index contributed by atoms with van der Waals surface area (Å²) >= 11 is 11.9. The van der Waals surface area contributed by atoms with Crippen LogP contribution in [0.2, 0.25) is 10.0 Å². The van der Waals surface area contributed by atoms with Crippen molar-refractivity contribution in [2.75, 3.05) is 10.6 Å². The number of para-hydroxylation sites is 1. The van der Waals surface area contributed by atoms with Gasteiger partial charge in [0.1, 0.15) is 0 Å². The third kappa shape index (κ3) is 3.40. The van der Waals surface area contributed by atoms with Crippen molar-refractivity contribution in [3.05, 3.63) is 58.1 Å². The molecule has 2 amide bonds. The predicted molar refractivity (Wildman–Crippen MR) is 80.3 cm³/mol. The van der Waals surface area contributed by atoms with E-state index in [-0.39, 0.29) is 6.03 Å². The number of amides is 2. The molecule has 2 aromatic carbocycles. The Labute approximate surface area is 121 Å². The average molecular weight is 295 g/mol. The van der Waals surface area contributed by atoms with Gasteiger partial charge in [-0.25, -0.2) is 4.79 Å². The van der Waals surface area contributed by atoms with Gasteiger partial charge >= 0.3 is 6.03 Å². The molecule has 0 spiro atoms. The van der Waals surface area contributed by atoms with E-state index in [1.807, 2.05) is 31.2 Å². The van der Waals surface area contributed by atoms with Crippen molar-refractivity contribution in [2.24, 2.45) is 0 Å². The number of benzene rings is 2. The summed E-state index contributed by atoms with van der Waals surface area (Å²) in [4.78, 5) is 11.9. The molecule has 0 saturated carbocycles. The molecule has 0 aliphatic carbocycles. The van der Waals surface area contributed by atoms with Crippen molar-refractivity contribution in [1.82, 2.24) is 0 Å². The Balaban J connectivity index is 2.10. The molecule has 0 aromatic heterocycles. The molecule has 19 heavy (non-hydrogen) atoms. The van der Waals surface area contributed by atoms with Gasteiger partial charge in [-0.3, -0.25) is 0 Å². The number of hydrogen-bond acceptors (Lipinski definition) is 1. The van der Waals surface area contributed by atoms with E-state index in [4.69, 9.17) is 23.2 Å². The minimum absolute atomic E-state index is 0.323. The Bertz CT molecular complexity index is 614. The number of aryl methyl sites for hydroxylation is 1. The van der Waals surface area contributed by atoms with Crippen LogP contribution in [-0.4, -0.2) is 6.03 Å². The van der Waals surface area contributed by atoms with Gasteiger partial charge in [0.2, 0.25) is 0 Å². The number of nitrogens with one attached hydrogen (secondary N) is 2. The summed E-state index contributed by atoms with van der Waals surface area (Å²) in [6.45, 7) is 1.92. The number of halogens is 2. The Morgan fingerprint density at radius 2 is 1.58 bits per heavy atom. The molecular formula is C14H12Cl2N2O. The van der Waals surface area contributed by atoms with Crippen molar-refractivity contribution >= 4 is 40.6 Å². The van der Waals surface area contributed by atoms with Crippen LogP contribution in [0.5, 0.6) is 0 Å². The third-order valence-corrected chi connectivity index (χ3v) is 3.41. The summed E-state index contributed by atoms with van der Waals surface area (Å²) < 4.78 is 0. The molecule has 3 nitrogen and oxygen atoms in total. The maximum atomic E-state index is 11.9. The maximum Gasteiger partial charge on any atom is 0.323 e. The predicted octanol–water partition coefficient (Wildman–Crippen LogP) is 4.95. The van der Waals surface area contributed by atoms with Gasteiger partial charge in [0, 0.05) is 5.69 Å². The van der Waals surface area contributed by atoms with Gasteiger partial charge < -0.3 is 10.6 Å². The van der Waals surface area contributed by atoms with Crippen LogP contribution < -0.4 is 10.6 Å². The van der Waals surface area contributed by atoms with E-state index in [9.17, 15) is 4.79 Å². The van der Waals surface area contributed by atoms with Gasteiger partial charge in [0.25, 0.3) is 0 Å². The van der Waals surface area contributed by atoms with Crippen LogP contribution in [0.4, 0.5) is 16.2 Å². The van der Waals surface area contributed by atoms with E-state index in [1.54, 1.807) is 18.2 Å². The smallest absolute Gasteiger partial charge is 0.307 e. The number of anilines is 2. The summed E-state index contributed by atoms with van der Waals surface area (Å²) in [7, 11) is 0. The van der Waals surface area contributed by atoms with E-state index >= 15 is 0 Å². The molecular weight excluding hydrogens is 283 g/mol. The van der Waals surface area contributed by atoms with Crippen molar-refractivity contribution in [3.8, 4) is 0 Å².